The van der Waals surface area contributed by atoms with E-state index >= 15 is 0 Å². The Morgan fingerprint density at radius 1 is 1.32 bits per heavy atom. The summed E-state index contributed by atoms with van der Waals surface area (Å²) in [5, 5.41) is 9.39. The molecule has 0 unspecified atom stereocenters. The van der Waals surface area contributed by atoms with Crippen LogP contribution in [0, 0.1) is 11.3 Å². The van der Waals surface area contributed by atoms with Gasteiger partial charge in [0.1, 0.15) is 0 Å². The van der Waals surface area contributed by atoms with E-state index in [0.717, 1.165) is 12.8 Å². The largest absolute Gasteiger partial charge is 0.481 e. The number of carboxylic acid groups (broad SMARTS) is 1. The molecule has 1 rings (SSSR count). The number of hydrogen-bond acceptors (Lipinski definition) is 3. The molecule has 0 atom stereocenters. The van der Waals surface area contributed by atoms with Gasteiger partial charge in [-0.2, -0.15) is 8.42 Å². The van der Waals surface area contributed by atoms with Gasteiger partial charge in [-0.05, 0) is 38.0 Å². The first-order chi connectivity index (χ1) is 8.81. The minimum atomic E-state index is -3.59. The Balaban J connectivity index is 2.63. The Morgan fingerprint density at radius 2 is 1.89 bits per heavy atom. The molecular weight excluding hydrogens is 268 g/mol. The topological polar surface area (TPSA) is 95.5 Å². The van der Waals surface area contributed by atoms with Crippen molar-refractivity contribution in [3.05, 3.63) is 0 Å². The first-order valence-electron chi connectivity index (χ1n) is 6.79. The summed E-state index contributed by atoms with van der Waals surface area (Å²) in [4.78, 5) is 11.5. The van der Waals surface area contributed by atoms with Crippen molar-refractivity contribution >= 4 is 16.2 Å². The van der Waals surface area contributed by atoms with Crippen LogP contribution in [0.15, 0.2) is 0 Å². The second-order valence-electron chi connectivity index (χ2n) is 5.49. The molecule has 1 aliphatic rings. The molecular formula is C12H24N2O4S. The third-order valence-electron chi connectivity index (χ3n) is 3.83. The summed E-state index contributed by atoms with van der Waals surface area (Å²) in [6, 6.07) is 0. The molecule has 7 heteroatoms. The van der Waals surface area contributed by atoms with E-state index in [9.17, 15) is 18.3 Å². The summed E-state index contributed by atoms with van der Waals surface area (Å²) in [6.07, 6.45) is 3.41. The number of nitrogens with one attached hydrogen (secondary N) is 2. The van der Waals surface area contributed by atoms with Crippen molar-refractivity contribution in [1.82, 2.24) is 9.44 Å². The van der Waals surface area contributed by atoms with Gasteiger partial charge in [-0.1, -0.05) is 13.8 Å². The van der Waals surface area contributed by atoms with Crippen LogP contribution in [0.25, 0.3) is 0 Å². The Labute approximate surface area is 115 Å². The fraction of sp³-hybridized carbons (Fsp3) is 0.917. The molecule has 1 fully saturated rings. The fourth-order valence-electron chi connectivity index (χ4n) is 2.30. The van der Waals surface area contributed by atoms with E-state index < -0.39 is 21.6 Å². The second kappa shape index (κ2) is 6.67. The standard InChI is InChI=1S/C12H24N2O4S/c1-3-8-13-19(17,18)14-9-12(11(15)16)6-4-10(2)5-7-12/h10,13-14H,3-9H2,1-2H3,(H,15,16). The minimum absolute atomic E-state index is 0.0336. The van der Waals surface area contributed by atoms with Crippen molar-refractivity contribution < 1.29 is 18.3 Å². The molecule has 112 valence electrons. The molecule has 0 bridgehead atoms. The van der Waals surface area contributed by atoms with Crippen LogP contribution in [-0.4, -0.2) is 32.6 Å². The smallest absolute Gasteiger partial charge is 0.310 e. The van der Waals surface area contributed by atoms with Gasteiger partial charge in [0, 0.05) is 13.1 Å². The second-order valence-corrected chi connectivity index (χ2v) is 7.07. The third kappa shape index (κ3) is 4.74. The van der Waals surface area contributed by atoms with E-state index in [-0.39, 0.29) is 6.54 Å². The van der Waals surface area contributed by atoms with Crippen LogP contribution in [0.4, 0.5) is 0 Å². The lowest BCUT2D eigenvalue weighted by molar-refractivity contribution is -0.151. The zero-order valence-corrected chi connectivity index (χ0v) is 12.4. The molecule has 1 aliphatic carbocycles. The first-order valence-corrected chi connectivity index (χ1v) is 8.27. The van der Waals surface area contributed by atoms with Crippen LogP contribution in [0.3, 0.4) is 0 Å². The fourth-order valence-corrected chi connectivity index (χ4v) is 3.34. The highest BCUT2D eigenvalue weighted by atomic mass is 32.2. The maximum absolute atomic E-state index is 11.6. The molecule has 0 amide bonds. The van der Waals surface area contributed by atoms with Gasteiger partial charge in [-0.3, -0.25) is 4.79 Å². The molecule has 0 aromatic rings. The third-order valence-corrected chi connectivity index (χ3v) is 4.94. The van der Waals surface area contributed by atoms with Gasteiger partial charge in [-0.25, -0.2) is 9.44 Å². The van der Waals surface area contributed by atoms with Crippen molar-refractivity contribution in [1.29, 1.82) is 0 Å². The van der Waals surface area contributed by atoms with Crippen LogP contribution in [-0.2, 0) is 15.0 Å². The molecule has 0 radical (unpaired) electrons. The number of hydrogen-bond donors (Lipinski definition) is 3. The molecule has 6 nitrogen and oxygen atoms in total. The van der Waals surface area contributed by atoms with Gasteiger partial charge in [0.25, 0.3) is 10.2 Å². The molecule has 0 heterocycles. The number of carbonyl (C=O) groups is 1. The monoisotopic (exact) mass is 292 g/mol. The Hall–Kier alpha value is -0.660. The lowest BCUT2D eigenvalue weighted by Gasteiger charge is -2.35. The zero-order valence-electron chi connectivity index (χ0n) is 11.6. The summed E-state index contributed by atoms with van der Waals surface area (Å²) in [6.45, 7) is 4.28. The maximum Gasteiger partial charge on any atom is 0.310 e. The van der Waals surface area contributed by atoms with Gasteiger partial charge >= 0.3 is 5.97 Å². The molecule has 0 spiro atoms. The van der Waals surface area contributed by atoms with Crippen LogP contribution < -0.4 is 9.44 Å². The quantitative estimate of drug-likeness (QED) is 0.655. The normalized spacial score (nSPS) is 28.2. The predicted molar refractivity (Wildman–Crippen MR) is 72.9 cm³/mol. The molecule has 1 saturated carbocycles. The van der Waals surface area contributed by atoms with E-state index in [1.165, 1.54) is 0 Å². The lowest BCUT2D eigenvalue weighted by Crippen LogP contribution is -2.48. The van der Waals surface area contributed by atoms with Crippen LogP contribution >= 0.6 is 0 Å². The highest BCUT2D eigenvalue weighted by molar-refractivity contribution is 7.87. The Morgan fingerprint density at radius 3 is 2.37 bits per heavy atom. The summed E-state index contributed by atoms with van der Waals surface area (Å²) >= 11 is 0. The van der Waals surface area contributed by atoms with Gasteiger partial charge in [0.2, 0.25) is 0 Å². The van der Waals surface area contributed by atoms with Crippen molar-refractivity contribution in [2.75, 3.05) is 13.1 Å². The molecule has 0 aromatic carbocycles. The predicted octanol–water partition coefficient (Wildman–Crippen LogP) is 1.10. The number of rotatable bonds is 7. The van der Waals surface area contributed by atoms with E-state index in [1.807, 2.05) is 6.92 Å². The highest BCUT2D eigenvalue weighted by Crippen LogP contribution is 2.38. The molecule has 3 N–H and O–H groups in total. The van der Waals surface area contributed by atoms with E-state index in [4.69, 9.17) is 0 Å². The van der Waals surface area contributed by atoms with Crippen molar-refractivity contribution in [3.8, 4) is 0 Å². The van der Waals surface area contributed by atoms with Gasteiger partial charge in [-0.15, -0.1) is 0 Å². The molecule has 0 aliphatic heterocycles. The highest BCUT2D eigenvalue weighted by Gasteiger charge is 2.41. The van der Waals surface area contributed by atoms with Crippen molar-refractivity contribution in [2.24, 2.45) is 11.3 Å². The van der Waals surface area contributed by atoms with Crippen LogP contribution in [0.2, 0.25) is 0 Å². The Bertz CT molecular complexity index is 400. The van der Waals surface area contributed by atoms with Crippen molar-refractivity contribution in [3.63, 3.8) is 0 Å². The molecule has 0 aromatic heterocycles. The first kappa shape index (κ1) is 16.4. The SMILES string of the molecule is CCCNS(=O)(=O)NCC1(C(=O)O)CCC(C)CC1. The van der Waals surface area contributed by atoms with E-state index in [0.29, 0.717) is 31.7 Å². The average molecular weight is 292 g/mol. The lowest BCUT2D eigenvalue weighted by atomic mass is 9.71. The molecule has 0 saturated heterocycles. The van der Waals surface area contributed by atoms with Crippen molar-refractivity contribution in [2.45, 2.75) is 46.0 Å². The molecule has 19 heavy (non-hydrogen) atoms. The minimum Gasteiger partial charge on any atom is -0.481 e. The van der Waals surface area contributed by atoms with E-state index in [2.05, 4.69) is 16.4 Å². The van der Waals surface area contributed by atoms with Crippen LogP contribution in [0.5, 0.6) is 0 Å². The maximum atomic E-state index is 11.6. The number of carboxylic acids is 1. The van der Waals surface area contributed by atoms with E-state index in [1.54, 1.807) is 0 Å². The summed E-state index contributed by atoms with van der Waals surface area (Å²) < 4.78 is 28.1. The Kier molecular flexibility index (Phi) is 5.76. The summed E-state index contributed by atoms with van der Waals surface area (Å²) in [5.41, 5.74) is -0.951. The van der Waals surface area contributed by atoms with Crippen LogP contribution in [0.1, 0.15) is 46.0 Å². The average Bonchev–Trinajstić information content (AvgIpc) is 2.36. The van der Waals surface area contributed by atoms with Gasteiger partial charge < -0.3 is 5.11 Å². The number of aliphatic carboxylic acids is 1. The zero-order chi connectivity index (χ0) is 14.5. The van der Waals surface area contributed by atoms with Gasteiger partial charge in [0.05, 0.1) is 5.41 Å². The summed E-state index contributed by atoms with van der Waals surface area (Å²) in [5.74, 6) is -0.389. The summed E-state index contributed by atoms with van der Waals surface area (Å²) in [7, 11) is -3.59. The van der Waals surface area contributed by atoms with Gasteiger partial charge in [0.15, 0.2) is 0 Å².